The third kappa shape index (κ3) is 16.0. The van der Waals surface area contributed by atoms with Gasteiger partial charge in [-0.1, -0.05) is 130 Å². The van der Waals surface area contributed by atoms with Crippen LogP contribution in [0.25, 0.3) is 0 Å². The van der Waals surface area contributed by atoms with Crippen molar-refractivity contribution in [3.8, 4) is 0 Å². The lowest BCUT2D eigenvalue weighted by atomic mass is 9.64. The van der Waals surface area contributed by atoms with E-state index in [0.717, 1.165) is 13.0 Å². The number of nitrogens with one attached hydrogen (secondary N) is 1. The van der Waals surface area contributed by atoms with Gasteiger partial charge in [0.15, 0.2) is 0 Å². The Balaban J connectivity index is 1.82. The number of rotatable bonds is 19. The summed E-state index contributed by atoms with van der Waals surface area (Å²) in [4.78, 5) is 12.0. The molecule has 1 rings (SSSR count). The van der Waals surface area contributed by atoms with Crippen molar-refractivity contribution in [1.29, 1.82) is 0 Å². The highest BCUT2D eigenvalue weighted by Gasteiger charge is 2.36. The highest BCUT2D eigenvalue weighted by molar-refractivity contribution is 5.67. The summed E-state index contributed by atoms with van der Waals surface area (Å²) >= 11 is 0. The van der Waals surface area contributed by atoms with Gasteiger partial charge in [0.2, 0.25) is 0 Å². The molecule has 0 radical (unpaired) electrons. The molecular formula is C29H57NO2. The number of amides is 1. The lowest BCUT2D eigenvalue weighted by Crippen LogP contribution is -2.41. The van der Waals surface area contributed by atoms with Crippen molar-refractivity contribution in [2.75, 3.05) is 13.2 Å². The predicted molar refractivity (Wildman–Crippen MR) is 139 cm³/mol. The van der Waals surface area contributed by atoms with Gasteiger partial charge in [-0.15, -0.1) is 0 Å². The summed E-state index contributed by atoms with van der Waals surface area (Å²) < 4.78 is 5.40. The van der Waals surface area contributed by atoms with Gasteiger partial charge in [-0.2, -0.15) is 0 Å². The molecule has 0 aromatic carbocycles. The second-order valence-corrected chi connectivity index (χ2v) is 11.8. The molecule has 32 heavy (non-hydrogen) atoms. The van der Waals surface area contributed by atoms with Crippen molar-refractivity contribution < 1.29 is 9.53 Å². The quantitative estimate of drug-likeness (QED) is 0.198. The van der Waals surface area contributed by atoms with Crippen LogP contribution in [-0.2, 0) is 4.74 Å². The average Bonchev–Trinajstić information content (AvgIpc) is 2.73. The van der Waals surface area contributed by atoms with E-state index in [1.54, 1.807) is 0 Å². The zero-order chi connectivity index (χ0) is 23.5. The van der Waals surface area contributed by atoms with Crippen LogP contribution in [0.5, 0.6) is 0 Å². The Kier molecular flexibility index (Phi) is 16.2. The molecule has 1 aliphatic carbocycles. The van der Waals surface area contributed by atoms with Gasteiger partial charge >= 0.3 is 6.09 Å². The molecule has 3 nitrogen and oxygen atoms in total. The fraction of sp³-hybridized carbons (Fsp3) is 0.966. The molecular weight excluding hydrogens is 394 g/mol. The molecule has 0 heterocycles. The van der Waals surface area contributed by atoms with Crippen molar-refractivity contribution in [3.05, 3.63) is 0 Å². The maximum absolute atomic E-state index is 12.0. The molecule has 1 amide bonds. The van der Waals surface area contributed by atoms with Crippen LogP contribution in [0, 0.1) is 10.8 Å². The molecule has 1 fully saturated rings. The minimum Gasteiger partial charge on any atom is -0.450 e. The van der Waals surface area contributed by atoms with Gasteiger partial charge in [-0.05, 0) is 36.5 Å². The summed E-state index contributed by atoms with van der Waals surface area (Å²) in [5.41, 5.74) is 0.612. The highest BCUT2D eigenvalue weighted by Crippen LogP contribution is 2.45. The van der Waals surface area contributed by atoms with Gasteiger partial charge < -0.3 is 10.1 Å². The Morgan fingerprint density at radius 3 is 1.66 bits per heavy atom. The normalized spacial score (nSPS) is 20.2. The van der Waals surface area contributed by atoms with Gasteiger partial charge in [0.25, 0.3) is 0 Å². The fourth-order valence-corrected chi connectivity index (χ4v) is 5.63. The van der Waals surface area contributed by atoms with Gasteiger partial charge in [0.1, 0.15) is 0 Å². The van der Waals surface area contributed by atoms with E-state index in [1.165, 1.54) is 122 Å². The largest absolute Gasteiger partial charge is 0.450 e. The van der Waals surface area contributed by atoms with E-state index in [0.29, 0.717) is 12.0 Å². The molecule has 1 N–H and O–H groups in total. The molecule has 0 saturated heterocycles. The maximum Gasteiger partial charge on any atom is 0.407 e. The van der Waals surface area contributed by atoms with Gasteiger partial charge in [-0.3, -0.25) is 0 Å². The van der Waals surface area contributed by atoms with Crippen LogP contribution in [0.2, 0.25) is 0 Å². The highest BCUT2D eigenvalue weighted by atomic mass is 16.5. The standard InChI is InChI=1S/C29H57NO2/c1-5-6-7-8-9-10-11-12-13-14-15-16-17-18-19-20-24-32-27(31)30-26-29(4)23-21-22-28(2,3)25-29/h5-26H2,1-4H3,(H,30,31). The van der Waals surface area contributed by atoms with Gasteiger partial charge in [0, 0.05) is 6.54 Å². The van der Waals surface area contributed by atoms with Crippen molar-refractivity contribution in [1.82, 2.24) is 5.32 Å². The molecule has 1 atom stereocenters. The van der Waals surface area contributed by atoms with Crippen LogP contribution in [-0.4, -0.2) is 19.2 Å². The number of unbranched alkanes of at least 4 members (excludes halogenated alkanes) is 15. The summed E-state index contributed by atoms with van der Waals surface area (Å²) in [5.74, 6) is 0. The average molecular weight is 452 g/mol. The summed E-state index contributed by atoms with van der Waals surface area (Å²) in [6.45, 7) is 10.6. The Morgan fingerprint density at radius 1 is 0.719 bits per heavy atom. The first-order chi connectivity index (χ1) is 15.4. The molecule has 0 aromatic rings. The molecule has 1 saturated carbocycles. The molecule has 3 heteroatoms. The van der Waals surface area contributed by atoms with Crippen molar-refractivity contribution in [2.45, 2.75) is 156 Å². The van der Waals surface area contributed by atoms with E-state index in [-0.39, 0.29) is 11.5 Å². The minimum absolute atomic E-state index is 0.217. The smallest absolute Gasteiger partial charge is 0.407 e. The van der Waals surface area contributed by atoms with Gasteiger partial charge in [-0.25, -0.2) is 4.79 Å². The monoisotopic (exact) mass is 451 g/mol. The van der Waals surface area contributed by atoms with E-state index in [1.807, 2.05) is 0 Å². The van der Waals surface area contributed by atoms with Crippen LogP contribution in [0.4, 0.5) is 4.79 Å². The number of carbonyl (C=O) groups excluding carboxylic acids is 1. The lowest BCUT2D eigenvalue weighted by molar-refractivity contribution is 0.0903. The van der Waals surface area contributed by atoms with Crippen LogP contribution in [0.15, 0.2) is 0 Å². The first-order valence-corrected chi connectivity index (χ1v) is 14.3. The third-order valence-corrected chi connectivity index (χ3v) is 7.43. The van der Waals surface area contributed by atoms with Crippen LogP contribution >= 0.6 is 0 Å². The zero-order valence-corrected chi connectivity index (χ0v) is 22.4. The van der Waals surface area contributed by atoms with E-state index in [2.05, 4.69) is 33.0 Å². The lowest BCUT2D eigenvalue weighted by Gasteiger charge is -2.42. The Hall–Kier alpha value is -0.730. The fourth-order valence-electron chi connectivity index (χ4n) is 5.63. The SMILES string of the molecule is CCCCCCCCCCCCCCCCCCOC(=O)NCC1(C)CCCC(C)(C)C1. The number of hydrogen-bond acceptors (Lipinski definition) is 2. The van der Waals surface area contributed by atoms with E-state index in [4.69, 9.17) is 4.74 Å². The van der Waals surface area contributed by atoms with Crippen LogP contribution in [0.1, 0.15) is 156 Å². The molecule has 0 aliphatic heterocycles. The van der Waals surface area contributed by atoms with Crippen LogP contribution in [0.3, 0.4) is 0 Å². The number of hydrogen-bond donors (Lipinski definition) is 1. The summed E-state index contributed by atoms with van der Waals surface area (Å²) in [7, 11) is 0. The van der Waals surface area contributed by atoms with E-state index >= 15 is 0 Å². The number of ether oxygens (including phenoxy) is 1. The molecule has 1 aliphatic rings. The van der Waals surface area contributed by atoms with E-state index < -0.39 is 0 Å². The van der Waals surface area contributed by atoms with Gasteiger partial charge in [0.05, 0.1) is 6.61 Å². The third-order valence-electron chi connectivity index (χ3n) is 7.43. The molecule has 0 aromatic heterocycles. The second kappa shape index (κ2) is 17.7. The van der Waals surface area contributed by atoms with Crippen molar-refractivity contribution >= 4 is 6.09 Å². The topological polar surface area (TPSA) is 38.3 Å². The maximum atomic E-state index is 12.0. The molecule has 0 bridgehead atoms. The number of carbonyl (C=O) groups is 1. The summed E-state index contributed by atoms with van der Waals surface area (Å²) in [5, 5.41) is 3.02. The van der Waals surface area contributed by atoms with Crippen molar-refractivity contribution in [3.63, 3.8) is 0 Å². The zero-order valence-electron chi connectivity index (χ0n) is 22.4. The van der Waals surface area contributed by atoms with Crippen LogP contribution < -0.4 is 5.32 Å². The molecule has 0 spiro atoms. The van der Waals surface area contributed by atoms with E-state index in [9.17, 15) is 4.79 Å². The summed E-state index contributed by atoms with van der Waals surface area (Å²) in [6, 6.07) is 0. The Labute approximate surface area is 201 Å². The Bertz CT molecular complexity index is 462. The minimum atomic E-state index is -0.226. The Morgan fingerprint density at radius 2 is 1.19 bits per heavy atom. The predicted octanol–water partition coefficient (Wildman–Crippen LogP) is 9.58. The number of alkyl carbamates (subject to hydrolysis) is 1. The van der Waals surface area contributed by atoms with Crippen molar-refractivity contribution in [2.24, 2.45) is 10.8 Å². The second-order valence-electron chi connectivity index (χ2n) is 11.8. The summed E-state index contributed by atoms with van der Waals surface area (Å²) in [6.07, 6.45) is 26.5. The molecule has 190 valence electrons. The first kappa shape index (κ1) is 29.3. The molecule has 1 unspecified atom stereocenters. The first-order valence-electron chi connectivity index (χ1n) is 14.3.